The Bertz CT molecular complexity index is 838. The molecule has 2 saturated heterocycles. The van der Waals surface area contributed by atoms with E-state index < -0.39 is 10.0 Å². The molecule has 1 N–H and O–H groups in total. The second kappa shape index (κ2) is 7.25. The van der Waals surface area contributed by atoms with Gasteiger partial charge >= 0.3 is 0 Å². The first kappa shape index (κ1) is 17.3. The molecule has 0 atom stereocenters. The third-order valence-electron chi connectivity index (χ3n) is 5.05. The van der Waals surface area contributed by atoms with Crippen LogP contribution in [0.5, 0.6) is 0 Å². The van der Waals surface area contributed by atoms with Gasteiger partial charge in [0.2, 0.25) is 10.0 Å². The smallest absolute Gasteiger partial charge is 0.244 e. The van der Waals surface area contributed by atoms with Crippen molar-refractivity contribution in [2.75, 3.05) is 36.4 Å². The van der Waals surface area contributed by atoms with Crippen LogP contribution in [0.3, 0.4) is 0 Å². The molecule has 0 amide bonds. The van der Waals surface area contributed by atoms with Crippen LogP contribution >= 0.6 is 0 Å². The van der Waals surface area contributed by atoms with Crippen molar-refractivity contribution >= 4 is 27.2 Å². The predicted octanol–water partition coefficient (Wildman–Crippen LogP) is 3.21. The molecule has 2 aliphatic heterocycles. The summed E-state index contributed by atoms with van der Waals surface area (Å²) in [6.45, 7) is 3.46. The second-order valence-corrected chi connectivity index (χ2v) is 8.79. The highest BCUT2D eigenvalue weighted by Crippen LogP contribution is 2.25. The Labute approximate surface area is 154 Å². The lowest BCUT2D eigenvalue weighted by Gasteiger charge is -2.18. The molecule has 3 heterocycles. The summed E-state index contributed by atoms with van der Waals surface area (Å²) >= 11 is 0. The molecule has 7 heteroatoms. The Balaban J connectivity index is 1.44. The summed E-state index contributed by atoms with van der Waals surface area (Å²) < 4.78 is 26.6. The van der Waals surface area contributed by atoms with Crippen LogP contribution in [0.2, 0.25) is 0 Å². The van der Waals surface area contributed by atoms with Crippen molar-refractivity contribution in [1.29, 1.82) is 0 Å². The third kappa shape index (κ3) is 3.54. The Morgan fingerprint density at radius 2 is 1.50 bits per heavy atom. The number of benzene rings is 1. The van der Waals surface area contributed by atoms with E-state index in [2.05, 4.69) is 27.3 Å². The number of hydrogen-bond acceptors (Lipinski definition) is 5. The normalized spacial score (nSPS) is 18.4. The first-order chi connectivity index (χ1) is 12.6. The maximum atomic E-state index is 12.5. The van der Waals surface area contributed by atoms with Crippen LogP contribution in [0.1, 0.15) is 25.7 Å². The van der Waals surface area contributed by atoms with Gasteiger partial charge in [0.15, 0.2) is 0 Å². The van der Waals surface area contributed by atoms with Crippen molar-refractivity contribution in [3.05, 3.63) is 42.6 Å². The van der Waals surface area contributed by atoms with Gasteiger partial charge in [-0.15, -0.1) is 0 Å². The van der Waals surface area contributed by atoms with Crippen molar-refractivity contribution in [1.82, 2.24) is 9.29 Å². The number of hydrogen-bond donors (Lipinski definition) is 1. The molecule has 2 aromatic rings. The largest absolute Gasteiger partial charge is 0.372 e. The van der Waals surface area contributed by atoms with E-state index in [9.17, 15) is 8.42 Å². The van der Waals surface area contributed by atoms with Crippen LogP contribution in [0.25, 0.3) is 0 Å². The van der Waals surface area contributed by atoms with Gasteiger partial charge in [0.1, 0.15) is 10.7 Å². The summed E-state index contributed by atoms with van der Waals surface area (Å²) in [6, 6.07) is 11.6. The minimum Gasteiger partial charge on any atom is -0.372 e. The minimum absolute atomic E-state index is 0.259. The van der Waals surface area contributed by atoms with Gasteiger partial charge in [-0.05, 0) is 62.1 Å². The molecule has 6 nitrogen and oxygen atoms in total. The zero-order valence-corrected chi connectivity index (χ0v) is 15.6. The molecule has 138 valence electrons. The minimum atomic E-state index is -3.41. The quantitative estimate of drug-likeness (QED) is 0.873. The zero-order chi connectivity index (χ0) is 18.0. The van der Waals surface area contributed by atoms with Crippen LogP contribution < -0.4 is 10.2 Å². The van der Waals surface area contributed by atoms with Crippen molar-refractivity contribution in [3.63, 3.8) is 0 Å². The molecule has 4 rings (SSSR count). The van der Waals surface area contributed by atoms with Crippen molar-refractivity contribution in [3.8, 4) is 0 Å². The highest BCUT2D eigenvalue weighted by Gasteiger charge is 2.27. The fourth-order valence-corrected chi connectivity index (χ4v) is 5.03. The van der Waals surface area contributed by atoms with E-state index in [0.717, 1.165) is 31.6 Å². The molecule has 0 radical (unpaired) electrons. The number of aromatic nitrogens is 1. The van der Waals surface area contributed by atoms with Crippen LogP contribution in [-0.4, -0.2) is 43.9 Å². The van der Waals surface area contributed by atoms with E-state index in [4.69, 9.17) is 0 Å². The summed E-state index contributed by atoms with van der Waals surface area (Å²) in [5.41, 5.74) is 2.18. The fourth-order valence-electron chi connectivity index (χ4n) is 3.56. The number of rotatable bonds is 5. The SMILES string of the molecule is O=S(=O)(c1ccc(Nc2ccc(N3CCCC3)cc2)nc1)N1CCCC1. The summed E-state index contributed by atoms with van der Waals surface area (Å²) in [5.74, 6) is 0.638. The summed E-state index contributed by atoms with van der Waals surface area (Å²) in [4.78, 5) is 6.93. The average Bonchev–Trinajstić information content (AvgIpc) is 3.37. The number of sulfonamides is 1. The molecule has 0 spiro atoms. The van der Waals surface area contributed by atoms with Crippen LogP contribution in [0, 0.1) is 0 Å². The molecular formula is C19H24N4O2S. The molecule has 26 heavy (non-hydrogen) atoms. The number of pyridine rings is 1. The van der Waals surface area contributed by atoms with Gasteiger partial charge in [-0.25, -0.2) is 13.4 Å². The van der Waals surface area contributed by atoms with Gasteiger partial charge < -0.3 is 10.2 Å². The first-order valence-electron chi connectivity index (χ1n) is 9.21. The second-order valence-electron chi connectivity index (χ2n) is 6.86. The topological polar surface area (TPSA) is 65.5 Å². The molecule has 0 unspecified atom stereocenters. The Morgan fingerprint density at radius 1 is 0.846 bits per heavy atom. The van der Waals surface area contributed by atoms with E-state index in [-0.39, 0.29) is 4.90 Å². The number of nitrogens with one attached hydrogen (secondary N) is 1. The number of anilines is 3. The maximum absolute atomic E-state index is 12.5. The molecule has 0 bridgehead atoms. The van der Waals surface area contributed by atoms with Gasteiger partial charge in [0.25, 0.3) is 0 Å². The van der Waals surface area contributed by atoms with Crippen molar-refractivity contribution in [2.45, 2.75) is 30.6 Å². The van der Waals surface area contributed by atoms with E-state index >= 15 is 0 Å². The molecule has 1 aromatic carbocycles. The fraction of sp³-hybridized carbons (Fsp3) is 0.421. The Kier molecular flexibility index (Phi) is 4.82. The Morgan fingerprint density at radius 3 is 2.12 bits per heavy atom. The third-order valence-corrected chi connectivity index (χ3v) is 6.93. The Hall–Kier alpha value is -2.12. The summed E-state index contributed by atoms with van der Waals surface area (Å²) in [5, 5.41) is 3.23. The van der Waals surface area contributed by atoms with Gasteiger partial charge in [-0.3, -0.25) is 0 Å². The molecular weight excluding hydrogens is 348 g/mol. The lowest BCUT2D eigenvalue weighted by molar-refractivity contribution is 0.477. The van der Waals surface area contributed by atoms with Crippen LogP contribution in [0.15, 0.2) is 47.5 Å². The van der Waals surface area contributed by atoms with Gasteiger partial charge in [0, 0.05) is 43.8 Å². The first-order valence-corrected chi connectivity index (χ1v) is 10.7. The van der Waals surface area contributed by atoms with Crippen LogP contribution in [0.4, 0.5) is 17.2 Å². The molecule has 1 aromatic heterocycles. The lowest BCUT2D eigenvalue weighted by atomic mass is 10.2. The standard InChI is InChI=1S/C19H24N4O2S/c24-26(25,23-13-3-4-14-23)18-9-10-19(20-15-18)21-16-5-7-17(8-6-16)22-11-1-2-12-22/h5-10,15H,1-4,11-14H2,(H,20,21). The predicted molar refractivity (Wildman–Crippen MR) is 103 cm³/mol. The average molecular weight is 372 g/mol. The van der Waals surface area contributed by atoms with E-state index in [1.807, 2.05) is 12.1 Å². The molecule has 0 aliphatic carbocycles. The number of nitrogens with zero attached hydrogens (tertiary/aromatic N) is 3. The summed E-state index contributed by atoms with van der Waals surface area (Å²) in [7, 11) is -3.41. The van der Waals surface area contributed by atoms with Gasteiger partial charge in [-0.1, -0.05) is 0 Å². The molecule has 0 saturated carbocycles. The van der Waals surface area contributed by atoms with Gasteiger partial charge in [-0.2, -0.15) is 4.31 Å². The monoisotopic (exact) mass is 372 g/mol. The van der Waals surface area contributed by atoms with Gasteiger partial charge in [0.05, 0.1) is 0 Å². The lowest BCUT2D eigenvalue weighted by Crippen LogP contribution is -2.27. The molecule has 2 fully saturated rings. The van der Waals surface area contributed by atoms with Crippen molar-refractivity contribution < 1.29 is 8.42 Å². The van der Waals surface area contributed by atoms with Crippen LogP contribution in [-0.2, 0) is 10.0 Å². The summed E-state index contributed by atoms with van der Waals surface area (Å²) in [6.07, 6.45) is 5.82. The van der Waals surface area contributed by atoms with Crippen molar-refractivity contribution in [2.24, 2.45) is 0 Å². The molecule has 2 aliphatic rings. The highest BCUT2D eigenvalue weighted by molar-refractivity contribution is 7.89. The maximum Gasteiger partial charge on any atom is 0.244 e. The van der Waals surface area contributed by atoms with E-state index in [1.165, 1.54) is 29.0 Å². The van der Waals surface area contributed by atoms with E-state index in [1.54, 1.807) is 12.1 Å². The highest BCUT2D eigenvalue weighted by atomic mass is 32.2. The zero-order valence-electron chi connectivity index (χ0n) is 14.8. The van der Waals surface area contributed by atoms with E-state index in [0.29, 0.717) is 18.9 Å².